The van der Waals surface area contributed by atoms with Crippen LogP contribution in [0.15, 0.2) is 15.9 Å². The van der Waals surface area contributed by atoms with Crippen molar-refractivity contribution >= 4 is 11.2 Å². The van der Waals surface area contributed by atoms with Gasteiger partial charge in [-0.05, 0) is 6.92 Å². The van der Waals surface area contributed by atoms with Crippen LogP contribution in [0.4, 0.5) is 0 Å². The average Bonchev–Trinajstić information content (AvgIpc) is 2.65. The molecule has 0 fully saturated rings. The molecule has 2 aromatic rings. The molecule has 0 saturated carbocycles. The van der Waals surface area contributed by atoms with Gasteiger partial charge in [-0.15, -0.1) is 0 Å². The van der Waals surface area contributed by atoms with E-state index in [0.717, 1.165) is 4.57 Å². The van der Waals surface area contributed by atoms with Crippen LogP contribution in [0, 0.1) is 0 Å². The van der Waals surface area contributed by atoms with E-state index in [1.807, 2.05) is 0 Å². The third-order valence-electron chi connectivity index (χ3n) is 1.99. The van der Waals surface area contributed by atoms with Gasteiger partial charge in [0.15, 0.2) is 5.65 Å². The van der Waals surface area contributed by atoms with Gasteiger partial charge in [-0.25, -0.2) is 14.3 Å². The summed E-state index contributed by atoms with van der Waals surface area (Å²) in [5, 5.41) is 0. The van der Waals surface area contributed by atoms with E-state index in [2.05, 4.69) is 15.0 Å². The topological polar surface area (TPSA) is 92.8 Å². The number of fused-ring (bicyclic) bond motifs is 1. The molecule has 0 aliphatic carbocycles. The molecule has 0 aromatic carbocycles. The van der Waals surface area contributed by atoms with Gasteiger partial charge in [-0.3, -0.25) is 9.78 Å². The Morgan fingerprint density at radius 3 is 3.07 bits per heavy atom. The molecule has 0 aliphatic rings. The number of nitrogens with one attached hydrogen (secondary N) is 2. The quantitative estimate of drug-likeness (QED) is 0.707. The van der Waals surface area contributed by atoms with Crippen molar-refractivity contribution < 1.29 is 4.74 Å². The van der Waals surface area contributed by atoms with E-state index in [1.165, 1.54) is 6.33 Å². The van der Waals surface area contributed by atoms with Crippen LogP contribution in [-0.2, 0) is 11.5 Å². The summed E-state index contributed by atoms with van der Waals surface area (Å²) in [6.07, 6.45) is 1.35. The Bertz CT molecular complexity index is 579. The lowest BCUT2D eigenvalue weighted by Crippen LogP contribution is -2.35. The molecule has 0 spiro atoms. The van der Waals surface area contributed by atoms with Crippen LogP contribution in [0.1, 0.15) is 6.92 Å². The van der Waals surface area contributed by atoms with Crippen molar-refractivity contribution in [3.63, 3.8) is 0 Å². The first-order valence-electron chi connectivity index (χ1n) is 4.48. The lowest BCUT2D eigenvalue weighted by molar-refractivity contribution is 0.0826. The molecule has 7 nitrogen and oxygen atoms in total. The van der Waals surface area contributed by atoms with E-state index < -0.39 is 11.2 Å². The van der Waals surface area contributed by atoms with E-state index in [0.29, 0.717) is 6.61 Å². The van der Waals surface area contributed by atoms with Crippen molar-refractivity contribution in [3.05, 3.63) is 27.2 Å². The second kappa shape index (κ2) is 3.70. The van der Waals surface area contributed by atoms with E-state index in [4.69, 9.17) is 4.74 Å². The van der Waals surface area contributed by atoms with E-state index in [9.17, 15) is 9.59 Å². The Labute approximate surface area is 83.7 Å². The van der Waals surface area contributed by atoms with Crippen LogP contribution in [0.5, 0.6) is 0 Å². The number of ether oxygens (including phenoxy) is 1. The van der Waals surface area contributed by atoms with Crippen LogP contribution < -0.4 is 11.2 Å². The normalized spacial score (nSPS) is 11.0. The molecule has 0 radical (unpaired) electrons. The molecular weight excluding hydrogens is 200 g/mol. The monoisotopic (exact) mass is 210 g/mol. The van der Waals surface area contributed by atoms with Gasteiger partial charge in [0, 0.05) is 6.61 Å². The zero-order valence-corrected chi connectivity index (χ0v) is 8.11. The van der Waals surface area contributed by atoms with Gasteiger partial charge in [-0.2, -0.15) is 0 Å². The van der Waals surface area contributed by atoms with E-state index in [-0.39, 0.29) is 17.9 Å². The first kappa shape index (κ1) is 9.66. The van der Waals surface area contributed by atoms with Gasteiger partial charge < -0.3 is 9.72 Å². The predicted octanol–water partition coefficient (Wildman–Crippen LogP) is -0.593. The Morgan fingerprint density at radius 2 is 2.33 bits per heavy atom. The molecule has 0 bridgehead atoms. The van der Waals surface area contributed by atoms with Crippen molar-refractivity contribution in [1.82, 2.24) is 19.5 Å². The van der Waals surface area contributed by atoms with Gasteiger partial charge in [0.25, 0.3) is 5.56 Å². The summed E-state index contributed by atoms with van der Waals surface area (Å²) in [4.78, 5) is 32.1. The molecule has 0 amide bonds. The molecule has 2 aromatic heterocycles. The molecule has 2 N–H and O–H groups in total. The third kappa shape index (κ3) is 1.57. The number of aromatic amines is 2. The summed E-state index contributed by atoms with van der Waals surface area (Å²) < 4.78 is 5.99. The predicted molar refractivity (Wildman–Crippen MR) is 52.6 cm³/mol. The highest BCUT2D eigenvalue weighted by Gasteiger charge is 2.08. The zero-order valence-electron chi connectivity index (χ0n) is 8.11. The maximum absolute atomic E-state index is 11.7. The number of nitrogens with zero attached hydrogens (tertiary/aromatic N) is 2. The highest BCUT2D eigenvalue weighted by molar-refractivity contribution is 5.67. The molecular formula is C8H10N4O3. The van der Waals surface area contributed by atoms with E-state index >= 15 is 0 Å². The highest BCUT2D eigenvalue weighted by atomic mass is 16.5. The van der Waals surface area contributed by atoms with Crippen molar-refractivity contribution in [2.45, 2.75) is 13.7 Å². The molecule has 0 atom stereocenters. The van der Waals surface area contributed by atoms with Crippen molar-refractivity contribution in [1.29, 1.82) is 0 Å². The lowest BCUT2D eigenvalue weighted by atomic mass is 10.5. The number of aromatic nitrogens is 4. The molecule has 15 heavy (non-hydrogen) atoms. The minimum atomic E-state index is -0.520. The summed E-state index contributed by atoms with van der Waals surface area (Å²) in [6, 6.07) is 0. The van der Waals surface area contributed by atoms with Crippen molar-refractivity contribution in [3.8, 4) is 0 Å². The number of rotatable bonds is 3. The molecule has 0 saturated heterocycles. The minimum Gasteiger partial charge on any atom is -0.361 e. The van der Waals surface area contributed by atoms with Crippen LogP contribution in [0.3, 0.4) is 0 Å². The van der Waals surface area contributed by atoms with Gasteiger partial charge in [0.1, 0.15) is 12.2 Å². The summed E-state index contributed by atoms with van der Waals surface area (Å²) in [6.45, 7) is 2.17. The molecule has 80 valence electrons. The summed E-state index contributed by atoms with van der Waals surface area (Å²) in [5.41, 5.74) is -0.417. The number of imidazole rings is 1. The van der Waals surface area contributed by atoms with Gasteiger partial charge in [-0.1, -0.05) is 0 Å². The first-order chi connectivity index (χ1) is 7.24. The molecule has 2 heterocycles. The molecule has 2 rings (SSSR count). The Hall–Kier alpha value is -1.89. The van der Waals surface area contributed by atoms with E-state index in [1.54, 1.807) is 6.92 Å². The van der Waals surface area contributed by atoms with Gasteiger partial charge >= 0.3 is 5.69 Å². The first-order valence-corrected chi connectivity index (χ1v) is 4.48. The molecule has 7 heteroatoms. The Balaban J connectivity index is 2.62. The molecule has 0 unspecified atom stereocenters. The fourth-order valence-electron chi connectivity index (χ4n) is 1.25. The SMILES string of the molecule is CCOCn1c(=O)[nH]c2nc[nH]c2c1=O. The highest BCUT2D eigenvalue weighted by Crippen LogP contribution is 1.94. The fraction of sp³-hybridized carbons (Fsp3) is 0.375. The second-order valence-corrected chi connectivity index (χ2v) is 2.91. The van der Waals surface area contributed by atoms with Gasteiger partial charge in [0.2, 0.25) is 0 Å². The second-order valence-electron chi connectivity index (χ2n) is 2.91. The maximum atomic E-state index is 11.7. The summed E-state index contributed by atoms with van der Waals surface area (Å²) in [7, 11) is 0. The Kier molecular flexibility index (Phi) is 2.38. The van der Waals surface area contributed by atoms with Crippen LogP contribution in [0.2, 0.25) is 0 Å². The van der Waals surface area contributed by atoms with Crippen LogP contribution in [-0.4, -0.2) is 26.1 Å². The molecule has 0 aliphatic heterocycles. The Morgan fingerprint density at radius 1 is 1.53 bits per heavy atom. The number of hydrogen-bond acceptors (Lipinski definition) is 4. The number of hydrogen-bond donors (Lipinski definition) is 2. The largest absolute Gasteiger partial charge is 0.361 e. The summed E-state index contributed by atoms with van der Waals surface area (Å²) >= 11 is 0. The third-order valence-corrected chi connectivity index (χ3v) is 1.99. The fourth-order valence-corrected chi connectivity index (χ4v) is 1.25. The van der Waals surface area contributed by atoms with Crippen molar-refractivity contribution in [2.75, 3.05) is 6.61 Å². The minimum absolute atomic E-state index is 0.0559. The van der Waals surface area contributed by atoms with Crippen LogP contribution >= 0.6 is 0 Å². The van der Waals surface area contributed by atoms with Crippen molar-refractivity contribution in [2.24, 2.45) is 0 Å². The smallest absolute Gasteiger partial charge is 0.332 e. The summed E-state index contributed by atoms with van der Waals surface area (Å²) in [5.74, 6) is 0. The standard InChI is InChI=1S/C8H10N4O3/c1-2-15-4-12-7(13)5-6(10-3-9-5)11-8(12)14/h3H,2,4H2,1H3,(H,9,10)(H,11,14). The average molecular weight is 210 g/mol. The maximum Gasteiger partial charge on any atom is 0.332 e. The lowest BCUT2D eigenvalue weighted by Gasteiger charge is -2.03. The zero-order chi connectivity index (χ0) is 10.8. The number of H-pyrrole nitrogens is 2. The van der Waals surface area contributed by atoms with Crippen LogP contribution in [0.25, 0.3) is 11.2 Å². The van der Waals surface area contributed by atoms with Gasteiger partial charge in [0.05, 0.1) is 6.33 Å².